The summed E-state index contributed by atoms with van der Waals surface area (Å²) in [4.78, 5) is 37.3. The number of aromatic nitrogens is 2. The third-order valence-electron chi connectivity index (χ3n) is 4.66. The molecule has 0 aliphatic carbocycles. The molecule has 0 saturated heterocycles. The van der Waals surface area contributed by atoms with Crippen molar-refractivity contribution in [2.24, 2.45) is 0 Å². The Morgan fingerprint density at radius 3 is 2.28 bits per heavy atom. The Morgan fingerprint density at radius 2 is 1.66 bits per heavy atom. The number of aryl methyl sites for hydroxylation is 1. The second-order valence-corrected chi connectivity index (χ2v) is 6.52. The number of amides is 1. The van der Waals surface area contributed by atoms with E-state index < -0.39 is 11.1 Å². The van der Waals surface area contributed by atoms with Crippen molar-refractivity contribution in [3.8, 4) is 5.75 Å². The van der Waals surface area contributed by atoms with E-state index in [0.717, 1.165) is 11.3 Å². The average Bonchev–Trinajstić information content (AvgIpc) is 2.75. The Balaban J connectivity index is 1.74. The van der Waals surface area contributed by atoms with Crippen molar-refractivity contribution in [1.29, 1.82) is 0 Å². The smallest absolute Gasteiger partial charge is 0.317 e. The molecule has 0 saturated carbocycles. The van der Waals surface area contributed by atoms with Crippen molar-refractivity contribution in [2.45, 2.75) is 26.1 Å². The number of para-hydroxylation sites is 2. The zero-order chi connectivity index (χ0) is 20.8. The van der Waals surface area contributed by atoms with E-state index in [9.17, 15) is 14.4 Å². The molecule has 0 radical (unpaired) electrons. The number of rotatable bonds is 8. The third-order valence-corrected chi connectivity index (χ3v) is 4.66. The lowest BCUT2D eigenvalue weighted by atomic mass is 10.2. The predicted octanol–water partition coefficient (Wildman–Crippen LogP) is 2.06. The van der Waals surface area contributed by atoms with Crippen LogP contribution in [0.4, 0.5) is 0 Å². The highest BCUT2D eigenvalue weighted by Crippen LogP contribution is 2.12. The van der Waals surface area contributed by atoms with E-state index in [0.29, 0.717) is 17.6 Å². The predicted molar refractivity (Wildman–Crippen MR) is 112 cm³/mol. The highest BCUT2D eigenvalue weighted by molar-refractivity contribution is 5.77. The van der Waals surface area contributed by atoms with E-state index in [1.807, 2.05) is 24.3 Å². The van der Waals surface area contributed by atoms with Gasteiger partial charge in [-0.3, -0.25) is 19.0 Å². The van der Waals surface area contributed by atoms with Crippen molar-refractivity contribution >= 4 is 16.9 Å². The van der Waals surface area contributed by atoms with Crippen LogP contribution in [0, 0.1) is 0 Å². The number of hydrogen-bond donors (Lipinski definition) is 1. The van der Waals surface area contributed by atoms with Gasteiger partial charge in [-0.05, 0) is 29.8 Å². The molecule has 2 aromatic carbocycles. The molecule has 0 atom stereocenters. The number of ether oxygens (including phenoxy) is 1. The molecule has 1 heterocycles. The molecule has 7 nitrogen and oxygen atoms in total. The molecule has 0 unspecified atom stereocenters. The summed E-state index contributed by atoms with van der Waals surface area (Å²) in [6.45, 7) is 4.39. The molecular formula is C22H23N3O4. The van der Waals surface area contributed by atoms with Crippen LogP contribution in [0.15, 0.2) is 70.8 Å². The number of nitrogens with zero attached hydrogens (tertiary/aromatic N) is 2. The van der Waals surface area contributed by atoms with Crippen LogP contribution in [0.2, 0.25) is 0 Å². The molecule has 0 fully saturated rings. The Morgan fingerprint density at radius 1 is 1.03 bits per heavy atom. The minimum absolute atomic E-state index is 0.0883. The maximum absolute atomic E-state index is 12.6. The normalized spacial score (nSPS) is 10.7. The zero-order valence-electron chi connectivity index (χ0n) is 16.3. The first-order chi connectivity index (χ1) is 14.0. The summed E-state index contributed by atoms with van der Waals surface area (Å²) >= 11 is 0. The summed E-state index contributed by atoms with van der Waals surface area (Å²) in [5.41, 5.74) is 0.919. The molecule has 0 bridgehead atoms. The first kappa shape index (κ1) is 20.1. The third kappa shape index (κ3) is 4.45. The number of nitrogens with one attached hydrogen (secondary N) is 1. The lowest BCUT2D eigenvalue weighted by Gasteiger charge is -2.14. The van der Waals surface area contributed by atoms with Gasteiger partial charge in [0.1, 0.15) is 5.75 Å². The van der Waals surface area contributed by atoms with Gasteiger partial charge in [-0.25, -0.2) is 0 Å². The van der Waals surface area contributed by atoms with Crippen molar-refractivity contribution < 1.29 is 9.53 Å². The van der Waals surface area contributed by atoms with Crippen LogP contribution in [-0.2, 0) is 24.4 Å². The molecule has 0 aliphatic heterocycles. The number of carbonyl (C=O) groups is 1. The lowest BCUT2D eigenvalue weighted by molar-refractivity contribution is -0.121. The van der Waals surface area contributed by atoms with Crippen LogP contribution < -0.4 is 21.2 Å². The molecule has 3 rings (SSSR count). The number of benzene rings is 2. The van der Waals surface area contributed by atoms with Crippen LogP contribution in [-0.4, -0.2) is 22.2 Å². The van der Waals surface area contributed by atoms with Gasteiger partial charge in [0.15, 0.2) is 0 Å². The quantitative estimate of drug-likeness (QED) is 0.469. The van der Waals surface area contributed by atoms with E-state index in [2.05, 4.69) is 11.9 Å². The molecule has 0 spiro atoms. The maximum atomic E-state index is 12.6. The molecule has 150 valence electrons. The Labute approximate surface area is 167 Å². The molecule has 1 N–H and O–H groups in total. The minimum Gasteiger partial charge on any atom is -0.497 e. The van der Waals surface area contributed by atoms with Gasteiger partial charge in [0, 0.05) is 26.1 Å². The fourth-order valence-electron chi connectivity index (χ4n) is 3.15. The van der Waals surface area contributed by atoms with Gasteiger partial charge in [0.05, 0.1) is 18.1 Å². The van der Waals surface area contributed by atoms with Crippen LogP contribution in [0.1, 0.15) is 12.0 Å². The maximum Gasteiger partial charge on any atom is 0.317 e. The van der Waals surface area contributed by atoms with E-state index >= 15 is 0 Å². The van der Waals surface area contributed by atoms with E-state index in [4.69, 9.17) is 4.74 Å². The molecular weight excluding hydrogens is 370 g/mol. The first-order valence-electron chi connectivity index (χ1n) is 9.28. The minimum atomic E-state index is -0.645. The van der Waals surface area contributed by atoms with Crippen molar-refractivity contribution in [1.82, 2.24) is 14.5 Å². The lowest BCUT2D eigenvalue weighted by Crippen LogP contribution is -2.42. The van der Waals surface area contributed by atoms with Crippen molar-refractivity contribution in [2.75, 3.05) is 7.11 Å². The molecule has 0 aliphatic rings. The van der Waals surface area contributed by atoms with E-state index in [1.54, 1.807) is 37.5 Å². The number of methoxy groups -OCH3 is 1. The summed E-state index contributed by atoms with van der Waals surface area (Å²) in [6, 6.07) is 14.5. The number of fused-ring (bicyclic) bond motifs is 1. The van der Waals surface area contributed by atoms with Gasteiger partial charge < -0.3 is 14.6 Å². The van der Waals surface area contributed by atoms with Gasteiger partial charge in [0.25, 0.3) is 0 Å². The van der Waals surface area contributed by atoms with E-state index in [-0.39, 0.29) is 25.4 Å². The Kier molecular flexibility index (Phi) is 6.29. The molecule has 29 heavy (non-hydrogen) atoms. The Hall–Kier alpha value is -3.61. The molecule has 7 heteroatoms. The second-order valence-electron chi connectivity index (χ2n) is 6.52. The van der Waals surface area contributed by atoms with Gasteiger partial charge in [0.2, 0.25) is 5.91 Å². The van der Waals surface area contributed by atoms with Gasteiger partial charge >= 0.3 is 11.1 Å². The fraction of sp³-hybridized carbons (Fsp3) is 0.227. The summed E-state index contributed by atoms with van der Waals surface area (Å²) in [7, 11) is 1.60. The second kappa shape index (κ2) is 9.05. The zero-order valence-corrected chi connectivity index (χ0v) is 16.3. The highest BCUT2D eigenvalue weighted by atomic mass is 16.5. The summed E-state index contributed by atoms with van der Waals surface area (Å²) in [5, 5.41) is 2.83. The van der Waals surface area contributed by atoms with Crippen LogP contribution in [0.3, 0.4) is 0 Å². The average molecular weight is 393 g/mol. The largest absolute Gasteiger partial charge is 0.497 e. The van der Waals surface area contributed by atoms with Crippen molar-refractivity contribution in [3.63, 3.8) is 0 Å². The first-order valence-corrected chi connectivity index (χ1v) is 9.28. The summed E-state index contributed by atoms with van der Waals surface area (Å²) < 4.78 is 7.87. The number of carbonyl (C=O) groups excluding carboxylic acids is 1. The van der Waals surface area contributed by atoms with Crippen LogP contribution in [0.25, 0.3) is 11.0 Å². The van der Waals surface area contributed by atoms with Gasteiger partial charge in [-0.15, -0.1) is 6.58 Å². The highest BCUT2D eigenvalue weighted by Gasteiger charge is 2.13. The van der Waals surface area contributed by atoms with Crippen LogP contribution >= 0.6 is 0 Å². The van der Waals surface area contributed by atoms with Gasteiger partial charge in [-0.2, -0.15) is 0 Å². The summed E-state index contributed by atoms with van der Waals surface area (Å²) in [5.74, 6) is 0.546. The Bertz CT molecular complexity index is 1140. The summed E-state index contributed by atoms with van der Waals surface area (Å²) in [6.07, 6.45) is 1.66. The van der Waals surface area contributed by atoms with E-state index in [1.165, 1.54) is 9.13 Å². The monoisotopic (exact) mass is 393 g/mol. The number of hydrogen-bond acceptors (Lipinski definition) is 4. The molecule has 1 amide bonds. The fourth-order valence-corrected chi connectivity index (χ4v) is 3.15. The molecule has 1 aromatic heterocycles. The number of allylic oxidation sites excluding steroid dienone is 1. The standard InChI is InChI=1S/C22H23N3O4/c1-3-13-24-18-6-4-5-7-19(18)25(22(28)21(24)27)14-12-20(26)23-15-16-8-10-17(29-2)11-9-16/h3-11H,1,12-15H2,2H3,(H,23,26). The van der Waals surface area contributed by atoms with Crippen molar-refractivity contribution in [3.05, 3.63) is 87.5 Å². The van der Waals surface area contributed by atoms with Gasteiger partial charge in [-0.1, -0.05) is 30.3 Å². The SMILES string of the molecule is C=CCn1c(=O)c(=O)n(CCC(=O)NCc2ccc(OC)cc2)c2ccccc21. The molecule has 3 aromatic rings. The topological polar surface area (TPSA) is 82.3 Å². The van der Waals surface area contributed by atoms with Crippen LogP contribution in [0.5, 0.6) is 5.75 Å².